The van der Waals surface area contributed by atoms with Gasteiger partial charge in [0, 0.05) is 12.5 Å². The summed E-state index contributed by atoms with van der Waals surface area (Å²) in [6, 6.07) is -1.61. The maximum absolute atomic E-state index is 12.5. The zero-order valence-corrected chi connectivity index (χ0v) is 8.83. The monoisotopic (exact) mass is 239 g/mol. The first-order valence-corrected chi connectivity index (χ1v) is 5.16. The van der Waals surface area contributed by atoms with Gasteiger partial charge >= 0.3 is 6.18 Å². The molecule has 1 fully saturated rings. The predicted molar refractivity (Wildman–Crippen MR) is 52.4 cm³/mol. The Morgan fingerprint density at radius 3 is 2.19 bits per heavy atom. The van der Waals surface area contributed by atoms with Gasteiger partial charge in [-0.3, -0.25) is 9.69 Å². The van der Waals surface area contributed by atoms with Crippen molar-refractivity contribution in [1.82, 2.24) is 4.90 Å². The molecule has 1 saturated heterocycles. The van der Waals surface area contributed by atoms with Crippen molar-refractivity contribution >= 4 is 5.91 Å². The van der Waals surface area contributed by atoms with Crippen LogP contribution in [0.2, 0.25) is 0 Å². The van der Waals surface area contributed by atoms with Gasteiger partial charge in [0.15, 0.2) is 0 Å². The number of hydrogen-bond donors (Lipinski definition) is 2. The second-order valence-electron chi connectivity index (χ2n) is 4.01. The lowest BCUT2D eigenvalue weighted by Gasteiger charge is -2.36. The molecule has 0 spiro atoms. The molecule has 16 heavy (non-hydrogen) atoms. The minimum absolute atomic E-state index is 0.217. The van der Waals surface area contributed by atoms with Gasteiger partial charge < -0.3 is 11.5 Å². The predicted octanol–water partition coefficient (Wildman–Crippen LogP) is 0.0733. The minimum atomic E-state index is -4.31. The maximum Gasteiger partial charge on any atom is 0.405 e. The normalized spacial score (nSPS) is 22.0. The third-order valence-electron chi connectivity index (χ3n) is 2.97. The smallest absolute Gasteiger partial charge is 0.369 e. The van der Waals surface area contributed by atoms with E-state index in [4.69, 9.17) is 11.5 Å². The molecule has 0 aromatic rings. The maximum atomic E-state index is 12.5. The molecule has 7 heteroatoms. The summed E-state index contributed by atoms with van der Waals surface area (Å²) < 4.78 is 37.6. The first-order chi connectivity index (χ1) is 7.36. The summed E-state index contributed by atoms with van der Waals surface area (Å²) in [5.41, 5.74) is 10.2. The van der Waals surface area contributed by atoms with E-state index in [-0.39, 0.29) is 19.0 Å². The Kier molecular flexibility index (Phi) is 4.15. The number of piperidine rings is 1. The average Bonchev–Trinajstić information content (AvgIpc) is 2.17. The fraction of sp³-hybridized carbons (Fsp3) is 0.889. The van der Waals surface area contributed by atoms with E-state index >= 15 is 0 Å². The molecule has 0 aliphatic carbocycles. The number of nitrogens with zero attached hydrogens (tertiary/aromatic N) is 1. The lowest BCUT2D eigenvalue weighted by atomic mass is 9.95. The number of primary amides is 1. The van der Waals surface area contributed by atoms with Crippen LogP contribution in [0.1, 0.15) is 12.8 Å². The van der Waals surface area contributed by atoms with Gasteiger partial charge in [-0.1, -0.05) is 0 Å². The molecule has 0 bridgehead atoms. The number of hydrogen-bond acceptors (Lipinski definition) is 3. The van der Waals surface area contributed by atoms with E-state index in [0.717, 1.165) is 0 Å². The van der Waals surface area contributed by atoms with Gasteiger partial charge in [-0.2, -0.15) is 13.2 Å². The molecular formula is C9H16F3N3O. The van der Waals surface area contributed by atoms with Crippen molar-refractivity contribution in [2.75, 3.05) is 19.6 Å². The molecule has 94 valence electrons. The van der Waals surface area contributed by atoms with E-state index in [1.807, 2.05) is 0 Å². The molecule has 1 unspecified atom stereocenters. The van der Waals surface area contributed by atoms with E-state index in [1.54, 1.807) is 0 Å². The van der Waals surface area contributed by atoms with Crippen LogP contribution in [0.25, 0.3) is 0 Å². The van der Waals surface area contributed by atoms with Crippen molar-refractivity contribution in [2.45, 2.75) is 25.1 Å². The van der Waals surface area contributed by atoms with Crippen LogP contribution in [0, 0.1) is 5.92 Å². The Balaban J connectivity index is 2.55. The highest BCUT2D eigenvalue weighted by molar-refractivity contribution is 5.76. The Morgan fingerprint density at radius 1 is 1.38 bits per heavy atom. The van der Waals surface area contributed by atoms with Crippen molar-refractivity contribution in [2.24, 2.45) is 17.4 Å². The summed E-state index contributed by atoms with van der Waals surface area (Å²) in [5.74, 6) is -0.737. The molecule has 1 aliphatic heterocycles. The number of nitrogens with two attached hydrogens (primary N) is 2. The summed E-state index contributed by atoms with van der Waals surface area (Å²) >= 11 is 0. The van der Waals surface area contributed by atoms with Crippen LogP contribution in [-0.2, 0) is 4.79 Å². The van der Waals surface area contributed by atoms with Gasteiger partial charge in [0.25, 0.3) is 0 Å². The zero-order chi connectivity index (χ0) is 12.3. The van der Waals surface area contributed by atoms with Crippen LogP contribution >= 0.6 is 0 Å². The number of alkyl halides is 3. The number of halogens is 3. The second-order valence-corrected chi connectivity index (χ2v) is 4.01. The van der Waals surface area contributed by atoms with Crippen molar-refractivity contribution in [3.8, 4) is 0 Å². The SMILES string of the molecule is NCC(N1CCC(C(N)=O)CC1)C(F)(F)F. The standard InChI is InChI=1S/C9H16F3N3O/c10-9(11,12)7(5-13)15-3-1-6(2-4-15)8(14)16/h6-7H,1-5,13H2,(H2,14,16). The number of rotatable bonds is 3. The highest BCUT2D eigenvalue weighted by Gasteiger charge is 2.43. The lowest BCUT2D eigenvalue weighted by Crippen LogP contribution is -2.53. The molecule has 0 aromatic carbocycles. The zero-order valence-electron chi connectivity index (χ0n) is 8.83. The summed E-state index contributed by atoms with van der Waals surface area (Å²) in [6.07, 6.45) is -3.56. The fourth-order valence-electron chi connectivity index (χ4n) is 1.99. The highest BCUT2D eigenvalue weighted by atomic mass is 19.4. The average molecular weight is 239 g/mol. The molecule has 1 heterocycles. The Morgan fingerprint density at radius 2 is 1.88 bits per heavy atom. The fourth-order valence-corrected chi connectivity index (χ4v) is 1.99. The Hall–Kier alpha value is -0.820. The van der Waals surface area contributed by atoms with Gasteiger partial charge in [0.05, 0.1) is 0 Å². The molecule has 0 radical (unpaired) electrons. The van der Waals surface area contributed by atoms with Crippen molar-refractivity contribution < 1.29 is 18.0 Å². The van der Waals surface area contributed by atoms with Crippen LogP contribution in [0.5, 0.6) is 0 Å². The lowest BCUT2D eigenvalue weighted by molar-refractivity contribution is -0.184. The molecule has 0 aromatic heterocycles. The van der Waals surface area contributed by atoms with Crippen molar-refractivity contribution in [3.63, 3.8) is 0 Å². The molecule has 4 N–H and O–H groups in total. The molecule has 4 nitrogen and oxygen atoms in total. The topological polar surface area (TPSA) is 72.3 Å². The first kappa shape index (κ1) is 13.2. The number of likely N-dealkylation sites (tertiary alicyclic amines) is 1. The third-order valence-corrected chi connectivity index (χ3v) is 2.97. The third kappa shape index (κ3) is 3.08. The number of carbonyl (C=O) groups is 1. The van der Waals surface area contributed by atoms with Crippen LogP contribution in [0.3, 0.4) is 0 Å². The molecule has 1 amide bonds. The van der Waals surface area contributed by atoms with E-state index in [2.05, 4.69) is 0 Å². The quantitative estimate of drug-likeness (QED) is 0.732. The summed E-state index contributed by atoms with van der Waals surface area (Å²) in [5, 5.41) is 0. The van der Waals surface area contributed by atoms with Gasteiger partial charge in [-0.25, -0.2) is 0 Å². The Bertz CT molecular complexity index is 249. The van der Waals surface area contributed by atoms with Crippen LogP contribution in [0.4, 0.5) is 13.2 Å². The van der Waals surface area contributed by atoms with Gasteiger partial charge in [0.2, 0.25) is 5.91 Å². The molecule has 1 atom stereocenters. The summed E-state index contributed by atoms with van der Waals surface area (Å²) in [7, 11) is 0. The van der Waals surface area contributed by atoms with E-state index < -0.39 is 24.7 Å². The molecule has 1 aliphatic rings. The Labute approximate surface area is 91.8 Å². The largest absolute Gasteiger partial charge is 0.405 e. The van der Waals surface area contributed by atoms with Crippen molar-refractivity contribution in [3.05, 3.63) is 0 Å². The number of carbonyl (C=O) groups excluding carboxylic acids is 1. The molecule has 1 rings (SSSR count). The van der Waals surface area contributed by atoms with Crippen LogP contribution in [0.15, 0.2) is 0 Å². The summed E-state index contributed by atoms with van der Waals surface area (Å²) in [6.45, 7) is -0.0191. The van der Waals surface area contributed by atoms with Gasteiger partial charge in [0.1, 0.15) is 6.04 Å². The van der Waals surface area contributed by atoms with Crippen LogP contribution < -0.4 is 11.5 Å². The van der Waals surface area contributed by atoms with E-state index in [1.165, 1.54) is 4.90 Å². The molecule has 0 saturated carbocycles. The van der Waals surface area contributed by atoms with E-state index in [9.17, 15) is 18.0 Å². The first-order valence-electron chi connectivity index (χ1n) is 5.16. The number of amides is 1. The van der Waals surface area contributed by atoms with Crippen molar-refractivity contribution in [1.29, 1.82) is 0 Å². The van der Waals surface area contributed by atoms with Gasteiger partial charge in [-0.15, -0.1) is 0 Å². The summed E-state index contributed by atoms with van der Waals surface area (Å²) in [4.78, 5) is 12.1. The molecular weight excluding hydrogens is 223 g/mol. The van der Waals surface area contributed by atoms with Gasteiger partial charge in [-0.05, 0) is 25.9 Å². The highest BCUT2D eigenvalue weighted by Crippen LogP contribution is 2.27. The minimum Gasteiger partial charge on any atom is -0.369 e. The van der Waals surface area contributed by atoms with Crippen LogP contribution in [-0.4, -0.2) is 42.7 Å². The second kappa shape index (κ2) is 5.01. The van der Waals surface area contributed by atoms with E-state index in [0.29, 0.717) is 12.8 Å².